The summed E-state index contributed by atoms with van der Waals surface area (Å²) in [4.78, 5) is 8.29. The third-order valence-corrected chi connectivity index (χ3v) is 5.05. The first kappa shape index (κ1) is 13.2. The smallest absolute Gasteiger partial charge is 0.134 e. The Kier molecular flexibility index (Phi) is 3.36. The SMILES string of the molecule is S=c1nc(C2CCc3ccccc3C2)[nH]c2c1CNCC2. The van der Waals surface area contributed by atoms with Crippen LogP contribution in [0, 0.1) is 4.64 Å². The Balaban J connectivity index is 1.69. The minimum atomic E-state index is 0.474. The van der Waals surface area contributed by atoms with Crippen molar-refractivity contribution in [2.45, 2.75) is 38.1 Å². The predicted molar refractivity (Wildman–Crippen MR) is 86.0 cm³/mol. The van der Waals surface area contributed by atoms with Crippen LogP contribution in [0.3, 0.4) is 0 Å². The zero-order valence-electron chi connectivity index (χ0n) is 12.0. The van der Waals surface area contributed by atoms with Crippen LogP contribution in [0.25, 0.3) is 0 Å². The summed E-state index contributed by atoms with van der Waals surface area (Å²) in [7, 11) is 0. The quantitative estimate of drug-likeness (QED) is 0.795. The lowest BCUT2D eigenvalue weighted by Gasteiger charge is -2.25. The van der Waals surface area contributed by atoms with Gasteiger partial charge in [-0.05, 0) is 30.4 Å². The molecule has 2 aliphatic rings. The normalized spacial score (nSPS) is 20.7. The number of benzene rings is 1. The van der Waals surface area contributed by atoms with E-state index in [0.717, 1.165) is 49.2 Å². The lowest BCUT2D eigenvalue weighted by atomic mass is 9.83. The van der Waals surface area contributed by atoms with Crippen molar-refractivity contribution in [2.75, 3.05) is 6.54 Å². The van der Waals surface area contributed by atoms with Crippen LogP contribution in [0.15, 0.2) is 24.3 Å². The molecule has 0 bridgehead atoms. The van der Waals surface area contributed by atoms with Crippen LogP contribution in [-0.2, 0) is 25.8 Å². The van der Waals surface area contributed by atoms with E-state index < -0.39 is 0 Å². The number of H-pyrrole nitrogens is 1. The van der Waals surface area contributed by atoms with Crippen molar-refractivity contribution in [1.82, 2.24) is 15.3 Å². The van der Waals surface area contributed by atoms with E-state index in [1.165, 1.54) is 22.4 Å². The fraction of sp³-hybridized carbons (Fsp3) is 0.412. The standard InChI is InChI=1S/C17H19N3S/c21-17-14-10-18-8-7-15(14)19-16(20-17)13-6-5-11-3-1-2-4-12(11)9-13/h1-4,13,18H,5-10H2,(H,19,20,21). The molecule has 1 aromatic carbocycles. The van der Waals surface area contributed by atoms with Gasteiger partial charge in [0.1, 0.15) is 10.5 Å². The van der Waals surface area contributed by atoms with Gasteiger partial charge in [0.05, 0.1) is 0 Å². The highest BCUT2D eigenvalue weighted by Gasteiger charge is 2.23. The number of aromatic amines is 1. The molecular weight excluding hydrogens is 278 g/mol. The third-order valence-electron chi connectivity index (χ3n) is 4.71. The first-order chi connectivity index (χ1) is 10.3. The van der Waals surface area contributed by atoms with Crippen LogP contribution in [0.5, 0.6) is 0 Å². The topological polar surface area (TPSA) is 40.7 Å². The molecule has 1 aliphatic carbocycles. The maximum atomic E-state index is 5.50. The van der Waals surface area contributed by atoms with Gasteiger partial charge in [-0.2, -0.15) is 0 Å². The molecule has 1 unspecified atom stereocenters. The molecule has 0 radical (unpaired) electrons. The summed E-state index contributed by atoms with van der Waals surface area (Å²) in [5.74, 6) is 1.57. The van der Waals surface area contributed by atoms with E-state index in [9.17, 15) is 0 Å². The number of aromatic nitrogens is 2. The fourth-order valence-electron chi connectivity index (χ4n) is 3.51. The van der Waals surface area contributed by atoms with Gasteiger partial charge in [0.25, 0.3) is 0 Å². The van der Waals surface area contributed by atoms with E-state index in [1.807, 2.05) is 0 Å². The van der Waals surface area contributed by atoms with Crippen LogP contribution >= 0.6 is 12.2 Å². The summed E-state index contributed by atoms with van der Waals surface area (Å²) < 4.78 is 0.782. The molecule has 2 aromatic rings. The first-order valence-corrected chi connectivity index (χ1v) is 8.11. The van der Waals surface area contributed by atoms with E-state index in [-0.39, 0.29) is 0 Å². The molecule has 0 amide bonds. The maximum Gasteiger partial charge on any atom is 0.134 e. The molecule has 2 heterocycles. The van der Waals surface area contributed by atoms with Crippen LogP contribution in [0.1, 0.15) is 40.5 Å². The van der Waals surface area contributed by atoms with Gasteiger partial charge in [-0.3, -0.25) is 0 Å². The van der Waals surface area contributed by atoms with Gasteiger partial charge in [-0.25, -0.2) is 4.98 Å². The monoisotopic (exact) mass is 297 g/mol. The number of hydrogen-bond donors (Lipinski definition) is 2. The zero-order valence-corrected chi connectivity index (χ0v) is 12.8. The van der Waals surface area contributed by atoms with E-state index in [2.05, 4.69) is 34.6 Å². The summed E-state index contributed by atoms with van der Waals surface area (Å²) in [6.45, 7) is 1.88. The molecule has 0 fully saturated rings. The van der Waals surface area contributed by atoms with Crippen LogP contribution in [0.4, 0.5) is 0 Å². The van der Waals surface area contributed by atoms with Gasteiger partial charge in [-0.1, -0.05) is 36.5 Å². The second kappa shape index (κ2) is 5.35. The van der Waals surface area contributed by atoms with E-state index in [0.29, 0.717) is 5.92 Å². The third kappa shape index (κ3) is 2.43. The second-order valence-corrected chi connectivity index (χ2v) is 6.41. The van der Waals surface area contributed by atoms with Crippen molar-refractivity contribution in [3.8, 4) is 0 Å². The molecule has 0 saturated heterocycles. The summed E-state index contributed by atoms with van der Waals surface area (Å²) in [5, 5.41) is 3.37. The molecule has 21 heavy (non-hydrogen) atoms. The average molecular weight is 297 g/mol. The Morgan fingerprint density at radius 3 is 2.90 bits per heavy atom. The Labute approximate surface area is 129 Å². The molecule has 0 spiro atoms. The number of rotatable bonds is 1. The van der Waals surface area contributed by atoms with Crippen molar-refractivity contribution in [1.29, 1.82) is 0 Å². The maximum absolute atomic E-state index is 5.50. The summed E-state index contributed by atoms with van der Waals surface area (Å²) >= 11 is 5.50. The fourth-order valence-corrected chi connectivity index (χ4v) is 3.80. The van der Waals surface area contributed by atoms with Crippen molar-refractivity contribution in [3.05, 3.63) is 57.1 Å². The van der Waals surface area contributed by atoms with Crippen molar-refractivity contribution in [3.63, 3.8) is 0 Å². The Hall–Kier alpha value is -1.52. The lowest BCUT2D eigenvalue weighted by Crippen LogP contribution is -2.26. The molecule has 108 valence electrons. The van der Waals surface area contributed by atoms with Crippen LogP contribution in [-0.4, -0.2) is 16.5 Å². The number of nitrogens with zero attached hydrogens (tertiary/aromatic N) is 1. The first-order valence-electron chi connectivity index (χ1n) is 7.71. The summed E-state index contributed by atoms with van der Waals surface area (Å²) in [6.07, 6.45) is 4.40. The Morgan fingerprint density at radius 2 is 2.00 bits per heavy atom. The summed E-state index contributed by atoms with van der Waals surface area (Å²) in [6, 6.07) is 8.77. The second-order valence-electron chi connectivity index (χ2n) is 6.02. The highest BCUT2D eigenvalue weighted by Crippen LogP contribution is 2.31. The van der Waals surface area contributed by atoms with Crippen LogP contribution in [0.2, 0.25) is 0 Å². The molecule has 4 rings (SSSR count). The molecule has 0 saturated carbocycles. The predicted octanol–water partition coefficient (Wildman–Crippen LogP) is 3.06. The average Bonchev–Trinajstić information content (AvgIpc) is 2.54. The van der Waals surface area contributed by atoms with Gasteiger partial charge >= 0.3 is 0 Å². The minimum Gasteiger partial charge on any atom is -0.347 e. The van der Waals surface area contributed by atoms with Gasteiger partial charge in [-0.15, -0.1) is 0 Å². The molecular formula is C17H19N3S. The number of aryl methyl sites for hydroxylation is 1. The lowest BCUT2D eigenvalue weighted by molar-refractivity contribution is 0.540. The Bertz CT molecular complexity index is 735. The number of fused-ring (bicyclic) bond motifs is 2. The number of hydrogen-bond acceptors (Lipinski definition) is 3. The molecule has 3 nitrogen and oxygen atoms in total. The molecule has 2 N–H and O–H groups in total. The zero-order chi connectivity index (χ0) is 14.2. The molecule has 4 heteroatoms. The summed E-state index contributed by atoms with van der Waals surface area (Å²) in [5.41, 5.74) is 5.45. The highest BCUT2D eigenvalue weighted by atomic mass is 32.1. The number of nitrogens with one attached hydrogen (secondary N) is 2. The highest BCUT2D eigenvalue weighted by molar-refractivity contribution is 7.71. The van der Waals surface area contributed by atoms with E-state index >= 15 is 0 Å². The molecule has 1 atom stereocenters. The van der Waals surface area contributed by atoms with Gasteiger partial charge < -0.3 is 10.3 Å². The van der Waals surface area contributed by atoms with E-state index in [4.69, 9.17) is 17.2 Å². The van der Waals surface area contributed by atoms with Crippen LogP contribution < -0.4 is 5.32 Å². The largest absolute Gasteiger partial charge is 0.347 e. The molecule has 1 aliphatic heterocycles. The van der Waals surface area contributed by atoms with Crippen molar-refractivity contribution < 1.29 is 0 Å². The van der Waals surface area contributed by atoms with Gasteiger partial charge in [0, 0.05) is 36.7 Å². The van der Waals surface area contributed by atoms with Gasteiger partial charge in [0.2, 0.25) is 0 Å². The van der Waals surface area contributed by atoms with Crippen molar-refractivity contribution >= 4 is 12.2 Å². The molecule has 1 aromatic heterocycles. The minimum absolute atomic E-state index is 0.474. The Morgan fingerprint density at radius 1 is 1.14 bits per heavy atom. The van der Waals surface area contributed by atoms with E-state index in [1.54, 1.807) is 0 Å². The van der Waals surface area contributed by atoms with Crippen molar-refractivity contribution in [2.24, 2.45) is 0 Å². The van der Waals surface area contributed by atoms with Gasteiger partial charge in [0.15, 0.2) is 0 Å².